The number of amides is 1. The van der Waals surface area contributed by atoms with Gasteiger partial charge in [0.2, 0.25) is 0 Å². The molecule has 0 atom stereocenters. The van der Waals surface area contributed by atoms with Gasteiger partial charge in [0.05, 0.1) is 18.4 Å². The van der Waals surface area contributed by atoms with Gasteiger partial charge in [-0.1, -0.05) is 29.8 Å². The molecule has 22 heavy (non-hydrogen) atoms. The molecule has 0 radical (unpaired) electrons. The largest absolute Gasteiger partial charge is 0.469 e. The second-order valence-electron chi connectivity index (χ2n) is 4.66. The molecule has 4 nitrogen and oxygen atoms in total. The van der Waals surface area contributed by atoms with Crippen LogP contribution >= 0.6 is 22.9 Å². The summed E-state index contributed by atoms with van der Waals surface area (Å²) in [5.74, 6) is -0.422. The number of halogens is 1. The molecule has 0 saturated carbocycles. The second kappa shape index (κ2) is 7.96. The van der Waals surface area contributed by atoms with E-state index in [1.165, 1.54) is 18.4 Å². The zero-order valence-electron chi connectivity index (χ0n) is 12.1. The lowest BCUT2D eigenvalue weighted by molar-refractivity contribution is -0.140. The Morgan fingerprint density at radius 2 is 1.95 bits per heavy atom. The van der Waals surface area contributed by atoms with Gasteiger partial charge in [0.15, 0.2) is 0 Å². The number of hydrogen-bond acceptors (Lipinski definition) is 4. The maximum Gasteiger partial charge on any atom is 0.307 e. The number of thiophene rings is 1. The number of hydrogen-bond donors (Lipinski definition) is 0. The molecule has 0 aliphatic heterocycles. The van der Waals surface area contributed by atoms with Crippen LogP contribution in [-0.4, -0.2) is 30.4 Å². The SMILES string of the molecule is COC(=O)CCN(Cc1ccc(Cl)cc1)C(=O)c1cccs1. The molecule has 1 heterocycles. The van der Waals surface area contributed by atoms with Gasteiger partial charge in [-0.15, -0.1) is 11.3 Å². The summed E-state index contributed by atoms with van der Waals surface area (Å²) in [7, 11) is 1.34. The van der Waals surface area contributed by atoms with E-state index in [2.05, 4.69) is 4.74 Å². The van der Waals surface area contributed by atoms with E-state index >= 15 is 0 Å². The van der Waals surface area contributed by atoms with Crippen LogP contribution in [0.5, 0.6) is 0 Å². The van der Waals surface area contributed by atoms with Gasteiger partial charge in [-0.3, -0.25) is 9.59 Å². The predicted molar refractivity (Wildman–Crippen MR) is 87.1 cm³/mol. The first-order valence-corrected chi connectivity index (χ1v) is 8.00. The molecule has 0 bridgehead atoms. The summed E-state index contributed by atoms with van der Waals surface area (Å²) in [6, 6.07) is 10.9. The van der Waals surface area contributed by atoms with Crippen molar-refractivity contribution in [2.75, 3.05) is 13.7 Å². The first-order chi connectivity index (χ1) is 10.6. The van der Waals surface area contributed by atoms with Crippen LogP contribution in [0.1, 0.15) is 21.7 Å². The van der Waals surface area contributed by atoms with Crippen molar-refractivity contribution >= 4 is 34.8 Å². The average molecular weight is 338 g/mol. The van der Waals surface area contributed by atoms with Crippen LogP contribution in [0.2, 0.25) is 5.02 Å². The molecule has 0 spiro atoms. The Labute approximate surface area is 138 Å². The van der Waals surface area contributed by atoms with E-state index in [4.69, 9.17) is 11.6 Å². The van der Waals surface area contributed by atoms with Crippen LogP contribution in [0.15, 0.2) is 41.8 Å². The minimum Gasteiger partial charge on any atom is -0.469 e. The Bertz CT molecular complexity index is 625. The molecule has 1 amide bonds. The monoisotopic (exact) mass is 337 g/mol. The van der Waals surface area contributed by atoms with E-state index in [0.717, 1.165) is 5.56 Å². The molecule has 6 heteroatoms. The Morgan fingerprint density at radius 3 is 2.55 bits per heavy atom. The summed E-state index contributed by atoms with van der Waals surface area (Å²) >= 11 is 7.26. The minimum atomic E-state index is -0.333. The van der Waals surface area contributed by atoms with E-state index in [1.54, 1.807) is 23.1 Å². The fourth-order valence-electron chi connectivity index (χ4n) is 1.95. The minimum absolute atomic E-state index is 0.0890. The predicted octanol–water partition coefficient (Wildman–Crippen LogP) is 3.61. The molecular weight excluding hydrogens is 322 g/mol. The van der Waals surface area contributed by atoms with Crippen molar-refractivity contribution in [3.05, 3.63) is 57.2 Å². The molecule has 0 unspecified atom stereocenters. The summed E-state index contributed by atoms with van der Waals surface area (Å²) in [5, 5.41) is 2.50. The van der Waals surface area contributed by atoms with Crippen LogP contribution < -0.4 is 0 Å². The van der Waals surface area contributed by atoms with Gasteiger partial charge in [0, 0.05) is 18.1 Å². The highest BCUT2D eigenvalue weighted by molar-refractivity contribution is 7.12. The standard InChI is InChI=1S/C16H16ClNO3S/c1-21-15(19)8-9-18(16(20)14-3-2-10-22-14)11-12-4-6-13(17)7-5-12/h2-7,10H,8-9,11H2,1H3. The van der Waals surface area contributed by atoms with Crippen molar-refractivity contribution in [1.29, 1.82) is 0 Å². The van der Waals surface area contributed by atoms with E-state index in [-0.39, 0.29) is 18.3 Å². The van der Waals surface area contributed by atoms with Crippen LogP contribution in [0.3, 0.4) is 0 Å². The fraction of sp³-hybridized carbons (Fsp3) is 0.250. The zero-order chi connectivity index (χ0) is 15.9. The third-order valence-corrected chi connectivity index (χ3v) is 4.23. The Balaban J connectivity index is 2.11. The summed E-state index contributed by atoms with van der Waals surface area (Å²) in [5.41, 5.74) is 0.958. The van der Waals surface area contributed by atoms with Gasteiger partial charge in [-0.2, -0.15) is 0 Å². The third-order valence-electron chi connectivity index (χ3n) is 3.12. The van der Waals surface area contributed by atoms with Gasteiger partial charge in [0.1, 0.15) is 0 Å². The van der Waals surface area contributed by atoms with Gasteiger partial charge >= 0.3 is 5.97 Å². The lowest BCUT2D eigenvalue weighted by Gasteiger charge is -2.22. The number of carbonyl (C=O) groups excluding carboxylic acids is 2. The van der Waals surface area contributed by atoms with E-state index in [0.29, 0.717) is 23.0 Å². The quantitative estimate of drug-likeness (QED) is 0.756. The highest BCUT2D eigenvalue weighted by atomic mass is 35.5. The number of carbonyl (C=O) groups is 2. The molecule has 0 aliphatic rings. The van der Waals surface area contributed by atoms with Gasteiger partial charge in [0.25, 0.3) is 5.91 Å². The number of ether oxygens (including phenoxy) is 1. The maximum atomic E-state index is 12.5. The number of benzene rings is 1. The topological polar surface area (TPSA) is 46.6 Å². The van der Waals surface area contributed by atoms with Crippen molar-refractivity contribution in [3.63, 3.8) is 0 Å². The number of esters is 1. The molecule has 0 saturated heterocycles. The Hall–Kier alpha value is -1.85. The second-order valence-corrected chi connectivity index (χ2v) is 6.04. The van der Waals surface area contributed by atoms with Crippen LogP contribution in [0.25, 0.3) is 0 Å². The van der Waals surface area contributed by atoms with Crippen LogP contribution in [0, 0.1) is 0 Å². The average Bonchev–Trinajstić information content (AvgIpc) is 3.06. The van der Waals surface area contributed by atoms with Gasteiger partial charge in [-0.25, -0.2) is 0 Å². The molecular formula is C16H16ClNO3S. The van der Waals surface area contributed by atoms with E-state index in [1.807, 2.05) is 23.6 Å². The zero-order valence-corrected chi connectivity index (χ0v) is 13.7. The molecule has 2 rings (SSSR count). The molecule has 0 fully saturated rings. The van der Waals surface area contributed by atoms with Gasteiger partial charge in [-0.05, 0) is 29.1 Å². The smallest absolute Gasteiger partial charge is 0.307 e. The highest BCUT2D eigenvalue weighted by Crippen LogP contribution is 2.16. The van der Waals surface area contributed by atoms with Crippen molar-refractivity contribution in [2.24, 2.45) is 0 Å². The van der Waals surface area contributed by atoms with Crippen LogP contribution in [-0.2, 0) is 16.1 Å². The summed E-state index contributed by atoms with van der Waals surface area (Å²) in [4.78, 5) is 26.2. The van der Waals surface area contributed by atoms with Crippen molar-refractivity contribution < 1.29 is 14.3 Å². The third kappa shape index (κ3) is 4.58. The molecule has 0 aliphatic carbocycles. The number of rotatable bonds is 6. The fourth-order valence-corrected chi connectivity index (χ4v) is 2.76. The summed E-state index contributed by atoms with van der Waals surface area (Å²) in [6.07, 6.45) is 0.168. The molecule has 116 valence electrons. The van der Waals surface area contributed by atoms with E-state index < -0.39 is 0 Å². The molecule has 2 aromatic rings. The van der Waals surface area contributed by atoms with E-state index in [9.17, 15) is 9.59 Å². The lowest BCUT2D eigenvalue weighted by Crippen LogP contribution is -2.32. The van der Waals surface area contributed by atoms with Crippen LogP contribution in [0.4, 0.5) is 0 Å². The maximum absolute atomic E-state index is 12.5. The van der Waals surface area contributed by atoms with Crippen molar-refractivity contribution in [1.82, 2.24) is 4.90 Å². The lowest BCUT2D eigenvalue weighted by atomic mass is 10.2. The Morgan fingerprint density at radius 1 is 1.23 bits per heavy atom. The molecule has 1 aromatic heterocycles. The molecule has 1 aromatic carbocycles. The Kier molecular flexibility index (Phi) is 5.98. The first kappa shape index (κ1) is 16.5. The first-order valence-electron chi connectivity index (χ1n) is 6.74. The molecule has 0 N–H and O–H groups in total. The summed E-state index contributed by atoms with van der Waals surface area (Å²) < 4.78 is 4.65. The highest BCUT2D eigenvalue weighted by Gasteiger charge is 2.18. The van der Waals surface area contributed by atoms with Crippen molar-refractivity contribution in [3.8, 4) is 0 Å². The van der Waals surface area contributed by atoms with Crippen molar-refractivity contribution in [2.45, 2.75) is 13.0 Å². The number of methoxy groups -OCH3 is 1. The normalized spacial score (nSPS) is 10.3. The number of nitrogens with zero attached hydrogens (tertiary/aromatic N) is 1. The van der Waals surface area contributed by atoms with Gasteiger partial charge < -0.3 is 9.64 Å². The summed E-state index contributed by atoms with van der Waals surface area (Å²) in [6.45, 7) is 0.733.